The Morgan fingerprint density at radius 3 is 1.62 bits per heavy atom. The Labute approximate surface area is 309 Å². The lowest BCUT2D eigenvalue weighted by atomic mass is 9.82. The van der Waals surface area contributed by atoms with Crippen LogP contribution >= 0.6 is 0 Å². The Bertz CT molecular complexity index is 2340. The molecule has 1 saturated carbocycles. The average molecular weight is 704 g/mol. The van der Waals surface area contributed by atoms with Gasteiger partial charge in [0.05, 0.1) is 24.8 Å². The van der Waals surface area contributed by atoms with E-state index in [0.29, 0.717) is 29.6 Å². The van der Waals surface area contributed by atoms with Crippen LogP contribution in [0.15, 0.2) is 109 Å². The van der Waals surface area contributed by atoms with Gasteiger partial charge >= 0.3 is 11.9 Å². The van der Waals surface area contributed by atoms with Gasteiger partial charge in [0.1, 0.15) is 0 Å². The molecule has 5 aliphatic rings. The molecule has 12 rings (SSSR count). The van der Waals surface area contributed by atoms with Crippen molar-refractivity contribution in [3.8, 4) is 0 Å². The second-order valence-corrected chi connectivity index (χ2v) is 15.1. The first-order valence-corrected chi connectivity index (χ1v) is 19.1. The van der Waals surface area contributed by atoms with E-state index in [9.17, 15) is 9.59 Å². The molecule has 5 aromatic carbocycles. The quantitative estimate of drug-likeness (QED) is 0.161. The minimum atomic E-state index is -0.421. The van der Waals surface area contributed by atoms with Gasteiger partial charge in [-0.3, -0.25) is 4.90 Å². The van der Waals surface area contributed by atoms with Crippen molar-refractivity contribution in [1.82, 2.24) is 14.0 Å². The van der Waals surface area contributed by atoms with Crippen LogP contribution in [-0.2, 0) is 35.7 Å². The van der Waals surface area contributed by atoms with Gasteiger partial charge in [-0.2, -0.15) is 0 Å². The van der Waals surface area contributed by atoms with Gasteiger partial charge in [-0.25, -0.2) is 9.59 Å². The Hall–Kier alpha value is -5.40. The molecule has 0 N–H and O–H groups in total. The van der Waals surface area contributed by atoms with Gasteiger partial charge < -0.3 is 18.6 Å². The van der Waals surface area contributed by atoms with Crippen LogP contribution in [0.25, 0.3) is 43.6 Å². The minimum Gasteiger partial charge on any atom is -0.465 e. The summed E-state index contributed by atoms with van der Waals surface area (Å²) in [5.74, 6) is 0.168. The molecule has 53 heavy (non-hydrogen) atoms. The van der Waals surface area contributed by atoms with Crippen molar-refractivity contribution in [3.63, 3.8) is 0 Å². The first-order chi connectivity index (χ1) is 26.0. The van der Waals surface area contributed by atoms with Crippen molar-refractivity contribution in [2.45, 2.75) is 58.3 Å². The zero-order valence-corrected chi connectivity index (χ0v) is 30.3. The summed E-state index contributed by atoms with van der Waals surface area (Å²) in [4.78, 5) is 27.2. The van der Waals surface area contributed by atoms with E-state index in [0.717, 1.165) is 64.8 Å². The summed E-state index contributed by atoms with van der Waals surface area (Å²) in [6, 6.07) is 38.5. The molecule has 7 aromatic rings. The second-order valence-electron chi connectivity index (χ2n) is 15.1. The van der Waals surface area contributed by atoms with Gasteiger partial charge in [-0.15, -0.1) is 0 Å². The molecule has 8 bridgehead atoms. The highest BCUT2D eigenvalue weighted by Gasteiger charge is 2.25. The molecular formula is C46H45N3O4. The molecule has 0 atom stereocenters. The topological polar surface area (TPSA) is 65.7 Å². The van der Waals surface area contributed by atoms with Crippen molar-refractivity contribution < 1.29 is 19.1 Å². The molecule has 0 spiro atoms. The fourth-order valence-electron chi connectivity index (χ4n) is 9.05. The molecule has 268 valence electrons. The van der Waals surface area contributed by atoms with Crippen molar-refractivity contribution in [1.29, 1.82) is 0 Å². The van der Waals surface area contributed by atoms with Gasteiger partial charge in [0.15, 0.2) is 0 Å². The highest BCUT2D eigenvalue weighted by molar-refractivity contribution is 6.09. The molecule has 4 aliphatic heterocycles. The zero-order valence-electron chi connectivity index (χ0n) is 30.3. The molecule has 7 nitrogen and oxygen atoms in total. The van der Waals surface area contributed by atoms with E-state index in [2.05, 4.69) is 99.0 Å². The van der Waals surface area contributed by atoms with Crippen LogP contribution in [-0.4, -0.2) is 46.2 Å². The van der Waals surface area contributed by atoms with Crippen molar-refractivity contribution in [2.24, 2.45) is 11.8 Å². The Kier molecular flexibility index (Phi) is 8.96. The third kappa shape index (κ3) is 6.48. The van der Waals surface area contributed by atoms with Crippen LogP contribution in [0.5, 0.6) is 0 Å². The van der Waals surface area contributed by atoms with Crippen LogP contribution in [0.2, 0.25) is 0 Å². The SMILES string of the molecule is COC(=O)c1ccc(C(=O)OCC2CCC(CN3Cc4ccc5c(c4)c4ccccc4n5CCCn4c5ccccc5c5cc(ccc54)C3)CC2)cc1. The normalized spacial score (nSPS) is 18.2. The molecule has 1 aliphatic carbocycles. The van der Waals surface area contributed by atoms with Gasteiger partial charge in [0.25, 0.3) is 0 Å². The van der Waals surface area contributed by atoms with Gasteiger partial charge in [-0.1, -0.05) is 48.5 Å². The molecule has 7 heteroatoms. The number of aryl methyl sites for hydroxylation is 2. The fraction of sp³-hybridized carbons (Fsp3) is 0.304. The number of ether oxygens (including phenoxy) is 2. The third-order valence-corrected chi connectivity index (χ3v) is 11.7. The molecule has 6 heterocycles. The number of hydrogen-bond donors (Lipinski definition) is 0. The number of para-hydroxylation sites is 2. The number of nitrogens with zero attached hydrogens (tertiary/aromatic N) is 3. The number of carbonyl (C=O) groups excluding carboxylic acids is 2. The minimum absolute atomic E-state index is 0.346. The number of carbonyl (C=O) groups is 2. The van der Waals surface area contributed by atoms with Crippen LogP contribution in [0.3, 0.4) is 0 Å². The number of hydrogen-bond acceptors (Lipinski definition) is 5. The molecule has 0 radical (unpaired) electrons. The van der Waals surface area contributed by atoms with E-state index < -0.39 is 5.97 Å². The number of methoxy groups -OCH3 is 1. The smallest absolute Gasteiger partial charge is 0.338 e. The summed E-state index contributed by atoms with van der Waals surface area (Å²) in [6.07, 6.45) is 5.38. The molecule has 0 amide bonds. The average Bonchev–Trinajstić information content (AvgIpc) is 3.68. The van der Waals surface area contributed by atoms with Crippen molar-refractivity contribution >= 4 is 55.6 Å². The second kappa shape index (κ2) is 14.2. The number of fused-ring (bicyclic) bond motifs is 2. The van der Waals surface area contributed by atoms with E-state index in [-0.39, 0.29) is 5.97 Å². The number of esters is 2. The Balaban J connectivity index is 0.957. The van der Waals surface area contributed by atoms with Crippen molar-refractivity contribution in [3.05, 3.63) is 131 Å². The number of benzene rings is 5. The maximum atomic E-state index is 12.8. The summed E-state index contributed by atoms with van der Waals surface area (Å²) in [7, 11) is 1.35. The Morgan fingerprint density at radius 2 is 1.08 bits per heavy atom. The highest BCUT2D eigenvalue weighted by Crippen LogP contribution is 2.35. The molecule has 0 unspecified atom stereocenters. The lowest BCUT2D eigenvalue weighted by Crippen LogP contribution is -2.32. The lowest BCUT2D eigenvalue weighted by molar-refractivity contribution is 0.0384. The van der Waals surface area contributed by atoms with E-state index in [1.54, 1.807) is 24.3 Å². The summed E-state index contributed by atoms with van der Waals surface area (Å²) >= 11 is 0. The van der Waals surface area contributed by atoms with E-state index in [4.69, 9.17) is 9.47 Å². The zero-order chi connectivity index (χ0) is 35.9. The highest BCUT2D eigenvalue weighted by atomic mass is 16.5. The summed E-state index contributed by atoms with van der Waals surface area (Å²) < 4.78 is 15.6. The predicted octanol–water partition coefficient (Wildman–Crippen LogP) is 9.76. The van der Waals surface area contributed by atoms with E-state index in [1.807, 2.05) is 0 Å². The van der Waals surface area contributed by atoms with Crippen LogP contribution < -0.4 is 0 Å². The van der Waals surface area contributed by atoms with Crippen LogP contribution in [0.4, 0.5) is 0 Å². The number of rotatable bonds is 6. The molecular weight excluding hydrogens is 659 g/mol. The predicted molar refractivity (Wildman–Crippen MR) is 211 cm³/mol. The third-order valence-electron chi connectivity index (χ3n) is 11.7. The monoisotopic (exact) mass is 703 g/mol. The largest absolute Gasteiger partial charge is 0.465 e. The first-order valence-electron chi connectivity index (χ1n) is 19.1. The van der Waals surface area contributed by atoms with Gasteiger partial charge in [-0.05, 0) is 116 Å². The van der Waals surface area contributed by atoms with Crippen LogP contribution in [0.1, 0.15) is 63.9 Å². The maximum Gasteiger partial charge on any atom is 0.338 e. The first kappa shape index (κ1) is 33.4. The summed E-state index contributed by atoms with van der Waals surface area (Å²) in [6.45, 7) is 5.16. The summed E-state index contributed by atoms with van der Waals surface area (Å²) in [5.41, 5.74) is 8.82. The number of aromatic nitrogens is 2. The summed E-state index contributed by atoms with van der Waals surface area (Å²) in [5, 5.41) is 5.35. The van der Waals surface area contributed by atoms with E-state index in [1.165, 1.54) is 61.8 Å². The Morgan fingerprint density at radius 1 is 0.585 bits per heavy atom. The molecule has 0 saturated heterocycles. The lowest BCUT2D eigenvalue weighted by Gasteiger charge is -2.33. The van der Waals surface area contributed by atoms with Crippen LogP contribution in [0, 0.1) is 11.8 Å². The standard InChI is InChI=1S/C46H45N3O4/c1-52-45(50)35-17-19-36(20-18-35)46(51)53-30-32-13-11-31(12-14-32)27-47-28-33-15-21-43-39(25-33)37-7-2-4-9-41(37)48(43)23-6-24-49-42-10-5-3-8-38(42)40-26-34(29-47)16-22-44(40)49/h2-5,7-10,15-22,25-26,31-32H,6,11-14,23-24,27-30H2,1H3. The molecule has 1 fully saturated rings. The van der Waals surface area contributed by atoms with Gasteiger partial charge in [0, 0.05) is 76.3 Å². The molecule has 2 aromatic heterocycles. The fourth-order valence-corrected chi connectivity index (χ4v) is 9.05. The maximum absolute atomic E-state index is 12.8. The van der Waals surface area contributed by atoms with Gasteiger partial charge in [0.2, 0.25) is 0 Å². The van der Waals surface area contributed by atoms with Crippen molar-refractivity contribution in [2.75, 3.05) is 20.3 Å². The van der Waals surface area contributed by atoms with E-state index >= 15 is 0 Å².